The maximum atomic E-state index is 6.47. The molecule has 0 aromatic heterocycles. The number of benzene rings is 3. The second-order valence-corrected chi connectivity index (χ2v) is 8.17. The van der Waals surface area contributed by atoms with Gasteiger partial charge in [-0.25, -0.2) is 0 Å². The van der Waals surface area contributed by atoms with Crippen molar-refractivity contribution >= 4 is 5.69 Å². The number of hydrogen-bond donors (Lipinski definition) is 1. The third-order valence-corrected chi connectivity index (χ3v) is 6.73. The number of hydrogen-bond acceptors (Lipinski definition) is 1. The van der Waals surface area contributed by atoms with Gasteiger partial charge in [0.2, 0.25) is 0 Å². The molecular weight excluding hydrogens is 328 g/mol. The largest absolute Gasteiger partial charge is 0.327 e. The minimum atomic E-state index is 0.297. The SMILES string of the molecule is N[C@@H]1CC[N+]2(c3ccccc3)C[C@@H](c3ccccc3)c3ccccc3[C@@H]2C1. The van der Waals surface area contributed by atoms with E-state index >= 15 is 0 Å². The molecule has 3 aromatic rings. The summed E-state index contributed by atoms with van der Waals surface area (Å²) in [4.78, 5) is 0. The molecule has 136 valence electrons. The van der Waals surface area contributed by atoms with Crippen molar-refractivity contribution in [1.82, 2.24) is 4.48 Å². The molecule has 1 saturated heterocycles. The van der Waals surface area contributed by atoms with Crippen LogP contribution in [0.2, 0.25) is 0 Å². The Morgan fingerprint density at radius 2 is 1.37 bits per heavy atom. The summed E-state index contributed by atoms with van der Waals surface area (Å²) in [7, 11) is 0. The zero-order chi connectivity index (χ0) is 18.3. The van der Waals surface area contributed by atoms with E-state index in [0.717, 1.165) is 30.4 Å². The first kappa shape index (κ1) is 16.7. The van der Waals surface area contributed by atoms with Crippen LogP contribution in [-0.2, 0) is 0 Å². The highest BCUT2D eigenvalue weighted by Gasteiger charge is 2.50. The van der Waals surface area contributed by atoms with Gasteiger partial charge in [-0.2, -0.15) is 0 Å². The maximum Gasteiger partial charge on any atom is 0.133 e. The van der Waals surface area contributed by atoms with Crippen LogP contribution in [0.3, 0.4) is 0 Å². The van der Waals surface area contributed by atoms with Crippen molar-refractivity contribution in [3.63, 3.8) is 0 Å². The fourth-order valence-electron chi connectivity index (χ4n) is 5.44. The Kier molecular flexibility index (Phi) is 4.11. The maximum absolute atomic E-state index is 6.47. The lowest BCUT2D eigenvalue weighted by atomic mass is 9.75. The molecule has 2 heteroatoms. The molecule has 0 aliphatic carbocycles. The predicted octanol–water partition coefficient (Wildman–Crippen LogP) is 5.00. The molecule has 0 amide bonds. The van der Waals surface area contributed by atoms with Crippen molar-refractivity contribution in [3.05, 3.63) is 102 Å². The van der Waals surface area contributed by atoms with Crippen molar-refractivity contribution < 1.29 is 0 Å². The normalized spacial score (nSPS) is 29.6. The molecule has 2 nitrogen and oxygen atoms in total. The van der Waals surface area contributed by atoms with Crippen molar-refractivity contribution in [3.8, 4) is 0 Å². The first-order valence-electron chi connectivity index (χ1n) is 10.1. The summed E-state index contributed by atoms with van der Waals surface area (Å²) in [5, 5.41) is 0. The molecule has 2 aliphatic rings. The van der Waals surface area contributed by atoms with Gasteiger partial charge < -0.3 is 5.73 Å². The Labute approximate surface area is 161 Å². The second kappa shape index (κ2) is 6.63. The molecular formula is C25H27N2+. The molecule has 2 N–H and O–H groups in total. The van der Waals surface area contributed by atoms with Gasteiger partial charge in [0.1, 0.15) is 11.7 Å². The zero-order valence-corrected chi connectivity index (χ0v) is 15.7. The summed E-state index contributed by atoms with van der Waals surface area (Å²) in [6.45, 7) is 2.23. The molecule has 0 bridgehead atoms. The second-order valence-electron chi connectivity index (χ2n) is 8.17. The van der Waals surface area contributed by atoms with Gasteiger partial charge in [0.05, 0.1) is 19.0 Å². The van der Waals surface area contributed by atoms with Gasteiger partial charge in [-0.1, -0.05) is 72.8 Å². The summed E-state index contributed by atoms with van der Waals surface area (Å²) in [6, 6.07) is 32.0. The van der Waals surface area contributed by atoms with Gasteiger partial charge in [0.25, 0.3) is 0 Å². The zero-order valence-electron chi connectivity index (χ0n) is 15.7. The lowest BCUT2D eigenvalue weighted by Gasteiger charge is -2.53. The van der Waals surface area contributed by atoms with E-state index in [1.165, 1.54) is 22.4 Å². The highest BCUT2D eigenvalue weighted by molar-refractivity contribution is 5.53. The van der Waals surface area contributed by atoms with Crippen LogP contribution in [0.4, 0.5) is 5.69 Å². The molecule has 0 saturated carbocycles. The monoisotopic (exact) mass is 355 g/mol. The molecule has 27 heavy (non-hydrogen) atoms. The van der Waals surface area contributed by atoms with Crippen LogP contribution in [0.5, 0.6) is 0 Å². The molecule has 4 atom stereocenters. The standard InChI is InChI=1S/C25H27N2/c26-20-15-16-27(21-11-5-2-6-12-21)18-24(19-9-3-1-4-10-19)22-13-7-8-14-23(22)25(27)17-20/h1-14,20,24-25H,15-18,26H2/q+1/t20-,24+,25+,27?/m1/s1. The Balaban J connectivity index is 1.72. The lowest BCUT2D eigenvalue weighted by Crippen LogP contribution is -2.62. The minimum Gasteiger partial charge on any atom is -0.327 e. The number of piperidine rings is 1. The number of para-hydroxylation sites is 1. The number of nitrogens with two attached hydrogens (primary N) is 1. The van der Waals surface area contributed by atoms with Crippen molar-refractivity contribution in [2.75, 3.05) is 13.1 Å². The third kappa shape index (κ3) is 2.72. The average Bonchev–Trinajstić information content (AvgIpc) is 2.75. The van der Waals surface area contributed by atoms with Crippen LogP contribution >= 0.6 is 0 Å². The van der Waals surface area contributed by atoms with E-state index in [1.54, 1.807) is 0 Å². The van der Waals surface area contributed by atoms with Crippen molar-refractivity contribution in [1.29, 1.82) is 0 Å². The molecule has 2 heterocycles. The summed E-state index contributed by atoms with van der Waals surface area (Å²) in [5.74, 6) is 0.424. The van der Waals surface area contributed by atoms with Gasteiger partial charge in [-0.3, -0.25) is 4.48 Å². The molecule has 0 spiro atoms. The van der Waals surface area contributed by atoms with E-state index in [1.807, 2.05) is 0 Å². The smallest absolute Gasteiger partial charge is 0.133 e. The van der Waals surface area contributed by atoms with Gasteiger partial charge in [0.15, 0.2) is 0 Å². The van der Waals surface area contributed by atoms with E-state index in [0.29, 0.717) is 18.0 Å². The van der Waals surface area contributed by atoms with Gasteiger partial charge in [-0.05, 0) is 23.3 Å². The van der Waals surface area contributed by atoms with Gasteiger partial charge >= 0.3 is 0 Å². The van der Waals surface area contributed by atoms with E-state index in [4.69, 9.17) is 5.73 Å². The summed E-state index contributed by atoms with van der Waals surface area (Å²) in [5.41, 5.74) is 12.3. The number of fused-ring (bicyclic) bond motifs is 3. The van der Waals surface area contributed by atoms with E-state index < -0.39 is 0 Å². The molecule has 1 unspecified atom stereocenters. The molecule has 1 fully saturated rings. The molecule has 2 aliphatic heterocycles. The Morgan fingerprint density at radius 3 is 2.11 bits per heavy atom. The summed E-state index contributed by atoms with van der Waals surface area (Å²) in [6.07, 6.45) is 2.16. The Morgan fingerprint density at radius 1 is 0.741 bits per heavy atom. The third-order valence-electron chi connectivity index (χ3n) is 6.73. The fourth-order valence-corrected chi connectivity index (χ4v) is 5.44. The quantitative estimate of drug-likeness (QED) is 0.643. The highest BCUT2D eigenvalue weighted by atomic mass is 15.4. The number of quaternary nitrogens is 1. The van der Waals surface area contributed by atoms with E-state index in [9.17, 15) is 0 Å². The van der Waals surface area contributed by atoms with Crippen LogP contribution in [-0.4, -0.2) is 19.1 Å². The van der Waals surface area contributed by atoms with Crippen LogP contribution < -0.4 is 10.2 Å². The summed E-state index contributed by atoms with van der Waals surface area (Å²) >= 11 is 0. The lowest BCUT2D eigenvalue weighted by molar-refractivity contribution is 0.122. The summed E-state index contributed by atoms with van der Waals surface area (Å²) < 4.78 is 1.03. The van der Waals surface area contributed by atoms with Gasteiger partial charge in [0, 0.05) is 24.4 Å². The van der Waals surface area contributed by atoms with Crippen LogP contribution in [0.1, 0.15) is 41.5 Å². The average molecular weight is 356 g/mol. The van der Waals surface area contributed by atoms with E-state index in [-0.39, 0.29) is 0 Å². The Hall–Kier alpha value is -2.42. The first-order chi connectivity index (χ1) is 13.3. The fraction of sp³-hybridized carbons (Fsp3) is 0.280. The molecule has 0 radical (unpaired) electrons. The Bertz CT molecular complexity index is 921. The van der Waals surface area contributed by atoms with Crippen molar-refractivity contribution in [2.24, 2.45) is 5.73 Å². The minimum absolute atomic E-state index is 0.297. The van der Waals surface area contributed by atoms with E-state index in [2.05, 4.69) is 84.9 Å². The van der Waals surface area contributed by atoms with Crippen molar-refractivity contribution in [2.45, 2.75) is 30.8 Å². The topological polar surface area (TPSA) is 26.0 Å². The van der Waals surface area contributed by atoms with Crippen LogP contribution in [0.15, 0.2) is 84.9 Å². The molecule has 3 aromatic carbocycles. The van der Waals surface area contributed by atoms with Crippen LogP contribution in [0, 0.1) is 0 Å². The molecule has 5 rings (SSSR count). The van der Waals surface area contributed by atoms with Gasteiger partial charge in [-0.15, -0.1) is 0 Å². The first-order valence-corrected chi connectivity index (χ1v) is 10.1. The number of nitrogens with zero attached hydrogens (tertiary/aromatic N) is 1. The number of rotatable bonds is 2. The highest BCUT2D eigenvalue weighted by Crippen LogP contribution is 2.50. The van der Waals surface area contributed by atoms with Crippen LogP contribution in [0.25, 0.3) is 0 Å². The predicted molar refractivity (Wildman–Crippen MR) is 113 cm³/mol.